The van der Waals surface area contributed by atoms with Crippen molar-refractivity contribution in [1.82, 2.24) is 0 Å². The minimum absolute atomic E-state index is 0.0436. The van der Waals surface area contributed by atoms with Crippen LogP contribution in [0.2, 0.25) is 5.02 Å². The van der Waals surface area contributed by atoms with Gasteiger partial charge in [-0.1, -0.05) is 17.7 Å². The number of fused-ring (bicyclic) bond motifs is 1. The van der Waals surface area contributed by atoms with E-state index in [0.29, 0.717) is 17.3 Å². The molecule has 0 spiro atoms. The summed E-state index contributed by atoms with van der Waals surface area (Å²) in [6.07, 6.45) is 2.19. The van der Waals surface area contributed by atoms with Gasteiger partial charge in [0.25, 0.3) is 0 Å². The zero-order valence-electron chi connectivity index (χ0n) is 13.3. The van der Waals surface area contributed by atoms with E-state index in [0.717, 1.165) is 11.3 Å². The van der Waals surface area contributed by atoms with Crippen molar-refractivity contribution in [3.05, 3.63) is 58.5 Å². The summed E-state index contributed by atoms with van der Waals surface area (Å²) in [6.45, 7) is 6.80. The first kappa shape index (κ1) is 15.7. The van der Waals surface area contributed by atoms with Crippen LogP contribution in [0.4, 0.5) is 5.69 Å². The van der Waals surface area contributed by atoms with E-state index in [1.807, 2.05) is 18.2 Å². The average molecular weight is 332 g/mol. The van der Waals surface area contributed by atoms with Crippen molar-refractivity contribution in [2.24, 2.45) is 0 Å². The Morgan fingerprint density at radius 1 is 1.30 bits per heavy atom. The van der Waals surface area contributed by atoms with Gasteiger partial charge in [-0.05, 0) is 56.7 Å². The Kier molecular flexibility index (Phi) is 3.72. The van der Waals surface area contributed by atoms with Crippen LogP contribution in [0.1, 0.15) is 42.6 Å². The van der Waals surface area contributed by atoms with E-state index in [4.69, 9.17) is 21.1 Å². The van der Waals surface area contributed by atoms with E-state index >= 15 is 0 Å². The lowest BCUT2D eigenvalue weighted by Gasteiger charge is -2.43. The van der Waals surface area contributed by atoms with Gasteiger partial charge in [-0.3, -0.25) is 0 Å². The van der Waals surface area contributed by atoms with Gasteiger partial charge >= 0.3 is 5.97 Å². The van der Waals surface area contributed by atoms with Gasteiger partial charge < -0.3 is 14.4 Å². The summed E-state index contributed by atoms with van der Waals surface area (Å²) in [5.41, 5.74) is 3.10. The first-order chi connectivity index (χ1) is 10.8. The molecule has 0 radical (unpaired) electrons. The second kappa shape index (κ2) is 5.46. The van der Waals surface area contributed by atoms with Crippen molar-refractivity contribution in [2.75, 3.05) is 4.90 Å². The molecule has 1 aromatic heterocycles. The van der Waals surface area contributed by atoms with E-state index in [-0.39, 0.29) is 11.3 Å². The lowest BCUT2D eigenvalue weighted by molar-refractivity contribution is 0.0660. The number of allylic oxidation sites excluding steroid dienone is 1. The molecule has 0 saturated carbocycles. The summed E-state index contributed by atoms with van der Waals surface area (Å²) in [7, 11) is 0. The molecule has 5 heteroatoms. The fourth-order valence-electron chi connectivity index (χ4n) is 3.08. The third-order valence-corrected chi connectivity index (χ3v) is 4.36. The molecule has 0 bridgehead atoms. The average Bonchev–Trinajstić information content (AvgIpc) is 2.92. The predicted molar refractivity (Wildman–Crippen MR) is 91.0 cm³/mol. The Morgan fingerprint density at radius 3 is 2.70 bits per heavy atom. The number of anilines is 1. The first-order valence-corrected chi connectivity index (χ1v) is 7.75. The van der Waals surface area contributed by atoms with Gasteiger partial charge in [0, 0.05) is 16.3 Å². The Bertz CT molecular complexity index is 804. The number of aromatic carboxylic acids is 1. The van der Waals surface area contributed by atoms with E-state index < -0.39 is 5.97 Å². The van der Waals surface area contributed by atoms with Crippen molar-refractivity contribution in [1.29, 1.82) is 0 Å². The lowest BCUT2D eigenvalue weighted by Crippen LogP contribution is -2.44. The molecule has 1 aliphatic heterocycles. The molecule has 0 aliphatic carbocycles. The smallest absolute Gasteiger partial charge is 0.371 e. The number of nitrogens with zero attached hydrogens (tertiary/aromatic N) is 1. The predicted octanol–water partition coefficient (Wildman–Crippen LogP) is 4.83. The standard InChI is InChI=1S/C18H18ClNO3/c1-11-9-18(2,3)20(15-6-4-12(19)8-14(11)15)10-13-5-7-16(23-13)17(21)22/h4-9H,10H2,1-3H3,(H,21,22). The van der Waals surface area contributed by atoms with Crippen molar-refractivity contribution in [3.8, 4) is 0 Å². The van der Waals surface area contributed by atoms with Gasteiger partial charge in [0.05, 0.1) is 12.1 Å². The molecule has 120 valence electrons. The second-order valence-electron chi connectivity index (χ2n) is 6.30. The van der Waals surface area contributed by atoms with Crippen LogP contribution in [-0.4, -0.2) is 16.6 Å². The number of hydrogen-bond donors (Lipinski definition) is 1. The van der Waals surface area contributed by atoms with Gasteiger partial charge in [0.15, 0.2) is 0 Å². The van der Waals surface area contributed by atoms with Crippen molar-refractivity contribution < 1.29 is 14.3 Å². The van der Waals surface area contributed by atoms with Crippen LogP contribution in [0.25, 0.3) is 5.57 Å². The highest BCUT2D eigenvalue weighted by molar-refractivity contribution is 6.30. The molecule has 2 aromatic rings. The number of hydrogen-bond acceptors (Lipinski definition) is 3. The number of carboxylic acids is 1. The maximum Gasteiger partial charge on any atom is 0.371 e. The summed E-state index contributed by atoms with van der Waals surface area (Å²) < 4.78 is 5.42. The van der Waals surface area contributed by atoms with Crippen molar-refractivity contribution >= 4 is 28.8 Å². The van der Waals surface area contributed by atoms with Crippen LogP contribution in [0, 0.1) is 0 Å². The largest absolute Gasteiger partial charge is 0.475 e. The van der Waals surface area contributed by atoms with Gasteiger partial charge in [-0.15, -0.1) is 0 Å². The van der Waals surface area contributed by atoms with Crippen molar-refractivity contribution in [2.45, 2.75) is 32.9 Å². The normalized spacial score (nSPS) is 16.0. The minimum Gasteiger partial charge on any atom is -0.475 e. The molecular weight excluding hydrogens is 314 g/mol. The third-order valence-electron chi connectivity index (χ3n) is 4.13. The molecule has 0 fully saturated rings. The quantitative estimate of drug-likeness (QED) is 0.875. The summed E-state index contributed by atoms with van der Waals surface area (Å²) in [5.74, 6) is -0.487. The summed E-state index contributed by atoms with van der Waals surface area (Å²) in [6, 6.07) is 9.01. The van der Waals surface area contributed by atoms with Crippen LogP contribution in [0.3, 0.4) is 0 Å². The van der Waals surface area contributed by atoms with E-state index in [1.165, 1.54) is 11.6 Å². The second-order valence-corrected chi connectivity index (χ2v) is 6.74. The molecule has 0 unspecified atom stereocenters. The van der Waals surface area contributed by atoms with Crippen LogP contribution in [0.5, 0.6) is 0 Å². The van der Waals surface area contributed by atoms with E-state index in [9.17, 15) is 4.79 Å². The zero-order valence-corrected chi connectivity index (χ0v) is 14.0. The SMILES string of the molecule is CC1=CC(C)(C)N(Cc2ccc(C(=O)O)o2)c2ccc(Cl)cc21. The monoisotopic (exact) mass is 331 g/mol. The Hall–Kier alpha value is -2.20. The minimum atomic E-state index is -1.06. The Labute approximate surface area is 140 Å². The molecule has 2 heterocycles. The molecule has 0 amide bonds. The Balaban J connectivity index is 2.01. The first-order valence-electron chi connectivity index (χ1n) is 7.37. The van der Waals surface area contributed by atoms with Gasteiger partial charge in [-0.25, -0.2) is 4.79 Å². The molecule has 23 heavy (non-hydrogen) atoms. The number of furan rings is 1. The van der Waals surface area contributed by atoms with Crippen LogP contribution in [-0.2, 0) is 6.54 Å². The Morgan fingerprint density at radius 2 is 2.04 bits per heavy atom. The van der Waals surface area contributed by atoms with Crippen LogP contribution < -0.4 is 4.90 Å². The van der Waals surface area contributed by atoms with Gasteiger partial charge in [-0.2, -0.15) is 0 Å². The number of rotatable bonds is 3. The molecule has 1 aromatic carbocycles. The van der Waals surface area contributed by atoms with Crippen LogP contribution in [0.15, 0.2) is 40.8 Å². The molecule has 1 aliphatic rings. The number of carboxylic acid groups (broad SMARTS) is 1. The maximum atomic E-state index is 11.0. The highest BCUT2D eigenvalue weighted by atomic mass is 35.5. The maximum absolute atomic E-state index is 11.0. The molecule has 0 saturated heterocycles. The highest BCUT2D eigenvalue weighted by Gasteiger charge is 2.32. The fourth-order valence-corrected chi connectivity index (χ4v) is 3.25. The highest BCUT2D eigenvalue weighted by Crippen LogP contribution is 2.40. The van der Waals surface area contributed by atoms with Crippen molar-refractivity contribution in [3.63, 3.8) is 0 Å². The number of halogens is 1. The van der Waals surface area contributed by atoms with Gasteiger partial charge in [0.1, 0.15) is 5.76 Å². The molecule has 3 rings (SSSR count). The summed E-state index contributed by atoms with van der Waals surface area (Å²) >= 11 is 6.13. The molecule has 1 N–H and O–H groups in total. The zero-order chi connectivity index (χ0) is 16.8. The molecule has 0 atom stereocenters. The molecule has 4 nitrogen and oxygen atoms in total. The van der Waals surface area contributed by atoms with Gasteiger partial charge in [0.2, 0.25) is 5.76 Å². The lowest BCUT2D eigenvalue weighted by atomic mass is 9.88. The fraction of sp³-hybridized carbons (Fsp3) is 0.278. The van der Waals surface area contributed by atoms with Crippen LogP contribution >= 0.6 is 11.6 Å². The summed E-state index contributed by atoms with van der Waals surface area (Å²) in [4.78, 5) is 13.2. The topological polar surface area (TPSA) is 53.7 Å². The summed E-state index contributed by atoms with van der Waals surface area (Å²) in [5, 5.41) is 9.69. The van der Waals surface area contributed by atoms with E-state index in [2.05, 4.69) is 31.7 Å². The van der Waals surface area contributed by atoms with E-state index in [1.54, 1.807) is 6.07 Å². The molecular formula is C18H18ClNO3. The third kappa shape index (κ3) is 2.86. The number of benzene rings is 1. The number of carbonyl (C=O) groups is 1.